The van der Waals surface area contributed by atoms with Crippen LogP contribution in [0.15, 0.2) is 36.5 Å². The molecule has 2 aromatic rings. The number of carbonyl (C=O) groups excluding carboxylic acids is 3. The summed E-state index contributed by atoms with van der Waals surface area (Å²) in [6.07, 6.45) is 1.20. The van der Waals surface area contributed by atoms with Gasteiger partial charge in [0.05, 0.1) is 18.7 Å². The number of ether oxygens (including phenoxy) is 2. The van der Waals surface area contributed by atoms with Crippen molar-refractivity contribution in [3.05, 3.63) is 58.9 Å². The molecule has 29 heavy (non-hydrogen) atoms. The molecule has 0 aliphatic heterocycles. The van der Waals surface area contributed by atoms with Gasteiger partial charge in [-0.2, -0.15) is 0 Å². The topological polar surface area (TPSA) is 121 Å². The Hall–Kier alpha value is -3.26. The molecular weight excluding hydrogens is 374 g/mol. The fourth-order valence-corrected chi connectivity index (χ4v) is 2.45. The third kappa shape index (κ3) is 6.11. The van der Waals surface area contributed by atoms with Crippen LogP contribution < -0.4 is 15.8 Å². The van der Waals surface area contributed by atoms with Crippen molar-refractivity contribution >= 4 is 17.8 Å². The zero-order valence-electron chi connectivity index (χ0n) is 16.7. The molecule has 1 aromatic carbocycles. The Labute approximate surface area is 169 Å². The molecule has 0 saturated heterocycles. The van der Waals surface area contributed by atoms with Gasteiger partial charge in [-0.3, -0.25) is 14.9 Å². The third-order valence-electron chi connectivity index (χ3n) is 4.06. The van der Waals surface area contributed by atoms with Gasteiger partial charge < -0.3 is 15.2 Å². The number of aromatic nitrogens is 1. The van der Waals surface area contributed by atoms with Crippen molar-refractivity contribution in [2.24, 2.45) is 5.73 Å². The Balaban J connectivity index is 2.26. The number of nitrogens with two attached hydrogens (primary N) is 1. The van der Waals surface area contributed by atoms with Crippen molar-refractivity contribution in [1.29, 1.82) is 0 Å². The van der Waals surface area contributed by atoms with Gasteiger partial charge in [-0.15, -0.1) is 0 Å². The van der Waals surface area contributed by atoms with Gasteiger partial charge in [0.25, 0.3) is 5.91 Å². The predicted molar refractivity (Wildman–Crippen MR) is 107 cm³/mol. The Bertz CT molecular complexity index is 878. The molecule has 8 heteroatoms. The number of pyridine rings is 1. The van der Waals surface area contributed by atoms with E-state index in [1.807, 2.05) is 24.3 Å². The standard InChI is InChI=1S/C21H25N3O5/c1-4-28-21(27)16-9-17(19(23-11-16)20(26)24-18(25)10-22)29-12-14-5-7-15(8-6-14)13(2)3/h5-9,11,13H,4,10,12,22H2,1-3H3,(H,24,25,26). The summed E-state index contributed by atoms with van der Waals surface area (Å²) in [5.41, 5.74) is 7.31. The second kappa shape index (κ2) is 10.3. The molecule has 0 unspecified atom stereocenters. The number of hydrogen-bond donors (Lipinski definition) is 2. The molecule has 2 amide bonds. The maximum atomic E-state index is 12.3. The van der Waals surface area contributed by atoms with Crippen LogP contribution in [0.3, 0.4) is 0 Å². The largest absolute Gasteiger partial charge is 0.486 e. The highest BCUT2D eigenvalue weighted by Crippen LogP contribution is 2.21. The van der Waals surface area contributed by atoms with Crippen LogP contribution in [-0.4, -0.2) is 35.9 Å². The highest BCUT2D eigenvalue weighted by Gasteiger charge is 2.20. The van der Waals surface area contributed by atoms with Crippen LogP contribution >= 0.6 is 0 Å². The van der Waals surface area contributed by atoms with Gasteiger partial charge in [0.2, 0.25) is 5.91 Å². The lowest BCUT2D eigenvalue weighted by atomic mass is 10.0. The molecule has 1 aromatic heterocycles. The lowest BCUT2D eigenvalue weighted by molar-refractivity contribution is -0.118. The number of imide groups is 1. The summed E-state index contributed by atoms with van der Waals surface area (Å²) in [7, 11) is 0. The maximum Gasteiger partial charge on any atom is 0.339 e. The summed E-state index contributed by atoms with van der Waals surface area (Å²) in [5, 5.41) is 2.12. The zero-order valence-corrected chi connectivity index (χ0v) is 16.7. The van der Waals surface area contributed by atoms with Gasteiger partial charge in [-0.25, -0.2) is 9.78 Å². The van der Waals surface area contributed by atoms with E-state index in [1.54, 1.807) is 6.92 Å². The average molecular weight is 399 g/mol. The third-order valence-corrected chi connectivity index (χ3v) is 4.06. The van der Waals surface area contributed by atoms with E-state index in [4.69, 9.17) is 15.2 Å². The Morgan fingerprint density at radius 2 is 1.86 bits per heavy atom. The molecule has 0 radical (unpaired) electrons. The fourth-order valence-electron chi connectivity index (χ4n) is 2.45. The van der Waals surface area contributed by atoms with E-state index < -0.39 is 17.8 Å². The van der Waals surface area contributed by atoms with Crippen LogP contribution in [0.2, 0.25) is 0 Å². The number of esters is 1. The van der Waals surface area contributed by atoms with E-state index in [0.29, 0.717) is 5.92 Å². The lowest BCUT2D eigenvalue weighted by Gasteiger charge is -2.13. The van der Waals surface area contributed by atoms with Gasteiger partial charge in [-0.1, -0.05) is 38.1 Å². The summed E-state index contributed by atoms with van der Waals surface area (Å²) < 4.78 is 10.7. The molecule has 8 nitrogen and oxygen atoms in total. The van der Waals surface area contributed by atoms with E-state index in [1.165, 1.54) is 17.8 Å². The molecule has 0 aliphatic rings. The molecule has 0 saturated carbocycles. The minimum atomic E-state index is -0.763. The van der Waals surface area contributed by atoms with E-state index in [2.05, 4.69) is 24.1 Å². The predicted octanol–water partition coefficient (Wildman–Crippen LogP) is 2.18. The Morgan fingerprint density at radius 3 is 2.45 bits per heavy atom. The minimum Gasteiger partial charge on any atom is -0.486 e. The van der Waals surface area contributed by atoms with Crippen molar-refractivity contribution in [2.75, 3.05) is 13.2 Å². The molecule has 1 heterocycles. The van der Waals surface area contributed by atoms with Gasteiger partial charge in [0.1, 0.15) is 6.61 Å². The van der Waals surface area contributed by atoms with Gasteiger partial charge in [0, 0.05) is 6.20 Å². The molecule has 0 spiro atoms. The van der Waals surface area contributed by atoms with Crippen molar-refractivity contribution in [1.82, 2.24) is 10.3 Å². The number of nitrogens with one attached hydrogen (secondary N) is 1. The zero-order chi connectivity index (χ0) is 21.4. The Morgan fingerprint density at radius 1 is 1.17 bits per heavy atom. The summed E-state index contributed by atoms with van der Waals surface area (Å²) in [5.74, 6) is -1.53. The molecule has 2 rings (SSSR count). The van der Waals surface area contributed by atoms with Crippen LogP contribution in [0, 0.1) is 0 Å². The monoisotopic (exact) mass is 399 g/mol. The summed E-state index contributed by atoms with van der Waals surface area (Å²) >= 11 is 0. The molecular formula is C21H25N3O5. The first-order chi connectivity index (χ1) is 13.8. The molecule has 3 N–H and O–H groups in total. The summed E-state index contributed by atoms with van der Waals surface area (Å²) in [4.78, 5) is 39.7. The van der Waals surface area contributed by atoms with Gasteiger partial charge in [-0.05, 0) is 30.0 Å². The van der Waals surface area contributed by atoms with Crippen LogP contribution in [0.25, 0.3) is 0 Å². The molecule has 0 atom stereocenters. The second-order valence-electron chi connectivity index (χ2n) is 6.56. The minimum absolute atomic E-state index is 0.0609. The van der Waals surface area contributed by atoms with E-state index in [9.17, 15) is 14.4 Å². The van der Waals surface area contributed by atoms with Gasteiger partial charge >= 0.3 is 5.97 Å². The summed E-state index contributed by atoms with van der Waals surface area (Å²) in [6.45, 7) is 5.90. The van der Waals surface area contributed by atoms with E-state index >= 15 is 0 Å². The number of hydrogen-bond acceptors (Lipinski definition) is 7. The lowest BCUT2D eigenvalue weighted by Crippen LogP contribution is -2.36. The van der Waals surface area contributed by atoms with Crippen LogP contribution in [0.4, 0.5) is 0 Å². The number of benzene rings is 1. The highest BCUT2D eigenvalue weighted by molar-refractivity contribution is 6.06. The van der Waals surface area contributed by atoms with Crippen LogP contribution in [-0.2, 0) is 16.1 Å². The second-order valence-corrected chi connectivity index (χ2v) is 6.56. The Kier molecular flexibility index (Phi) is 7.85. The van der Waals surface area contributed by atoms with Crippen LogP contribution in [0.5, 0.6) is 5.75 Å². The van der Waals surface area contributed by atoms with E-state index in [-0.39, 0.29) is 36.8 Å². The number of carbonyl (C=O) groups is 3. The van der Waals surface area contributed by atoms with Crippen LogP contribution in [0.1, 0.15) is 58.7 Å². The highest BCUT2D eigenvalue weighted by atomic mass is 16.5. The van der Waals surface area contributed by atoms with Crippen molar-refractivity contribution in [2.45, 2.75) is 33.3 Å². The quantitative estimate of drug-likeness (QED) is 0.653. The van der Waals surface area contributed by atoms with Crippen molar-refractivity contribution in [3.8, 4) is 5.75 Å². The van der Waals surface area contributed by atoms with E-state index in [0.717, 1.165) is 5.56 Å². The average Bonchev–Trinajstić information content (AvgIpc) is 2.72. The normalized spacial score (nSPS) is 10.5. The summed E-state index contributed by atoms with van der Waals surface area (Å²) in [6, 6.07) is 9.23. The maximum absolute atomic E-state index is 12.3. The number of rotatable bonds is 8. The van der Waals surface area contributed by atoms with Gasteiger partial charge in [0.15, 0.2) is 11.4 Å². The van der Waals surface area contributed by atoms with Crippen molar-refractivity contribution in [3.63, 3.8) is 0 Å². The fraction of sp³-hybridized carbons (Fsp3) is 0.333. The smallest absolute Gasteiger partial charge is 0.339 e. The molecule has 0 aliphatic carbocycles. The SMILES string of the molecule is CCOC(=O)c1cnc(C(=O)NC(=O)CN)c(OCc2ccc(C(C)C)cc2)c1. The molecule has 154 valence electrons. The van der Waals surface area contributed by atoms with Crippen molar-refractivity contribution < 1.29 is 23.9 Å². The molecule has 0 fully saturated rings. The number of amides is 2. The first kappa shape index (κ1) is 22.0. The first-order valence-electron chi connectivity index (χ1n) is 9.28. The molecule has 0 bridgehead atoms. The number of nitrogens with zero attached hydrogens (tertiary/aromatic N) is 1. The first-order valence-corrected chi connectivity index (χ1v) is 9.28.